The number of hydrogen-bond donors (Lipinski definition) is 0. The largest absolute Gasteiger partial charge is 1.00 e. The van der Waals surface area contributed by atoms with Gasteiger partial charge in [-0.05, 0) is 0 Å². The summed E-state index contributed by atoms with van der Waals surface area (Å²) in [5.41, 5.74) is 0. The van der Waals surface area contributed by atoms with Crippen LogP contribution in [0.15, 0.2) is 0 Å². The van der Waals surface area contributed by atoms with E-state index in [2.05, 4.69) is 9.47 Å². The molecule has 0 aromatic carbocycles. The molecule has 0 fully saturated rings. The second kappa shape index (κ2) is 16.1. The summed E-state index contributed by atoms with van der Waals surface area (Å²) in [6, 6.07) is 0. The van der Waals surface area contributed by atoms with Gasteiger partial charge in [-0.25, -0.2) is 0 Å². The Kier molecular flexibility index (Phi) is 29.7. The van der Waals surface area contributed by atoms with Crippen molar-refractivity contribution in [3.63, 3.8) is 0 Å². The van der Waals surface area contributed by atoms with Crippen LogP contribution in [0.5, 0.6) is 0 Å². The molecule has 62 valence electrons. The molecule has 0 aromatic heterocycles. The fourth-order valence-electron chi connectivity index (χ4n) is 0.285. The number of carbonyl (C=O) groups excluding carboxylic acids is 3. The minimum atomic E-state index is -0.915. The third kappa shape index (κ3) is 16.3. The zero-order valence-electron chi connectivity index (χ0n) is 11.3. The van der Waals surface area contributed by atoms with Crippen molar-refractivity contribution in [1.82, 2.24) is 0 Å². The van der Waals surface area contributed by atoms with Gasteiger partial charge >= 0.3 is 107 Å². The Hall–Kier alpha value is 1.61. The number of methoxy groups -OCH3 is 1. The zero-order chi connectivity index (χ0) is 7.98. The van der Waals surface area contributed by atoms with E-state index < -0.39 is 18.4 Å². The molecular weight excluding hydrogens is 209 g/mol. The minimum Gasteiger partial charge on any atom is -1.00 e. The Morgan fingerprint density at radius 3 is 2.00 bits per heavy atom. The molecule has 0 aromatic rings. The molecule has 0 aliphatic carbocycles. The van der Waals surface area contributed by atoms with Crippen LogP contribution >= 0.6 is 0 Å². The second-order valence-corrected chi connectivity index (χ2v) is 1.34. The molecule has 0 radical (unpaired) electrons. The standard InChI is InChI=1S/C5H6O5.3Na.3H/c1-9-4(7)2-5(8)10-3-6;;;;;;/h3H,2H2,1H3;;;;;;/q;3*+1;3*-1. The maximum absolute atomic E-state index is 10.3. The number of rotatable bonds is 3. The van der Waals surface area contributed by atoms with Crippen molar-refractivity contribution < 1.29 is 117 Å². The fourth-order valence-corrected chi connectivity index (χ4v) is 0.285. The molecular formula is C5H9Na3O5. The summed E-state index contributed by atoms with van der Waals surface area (Å²) in [5, 5.41) is 0. The average Bonchev–Trinajstić information content (AvgIpc) is 1.88. The van der Waals surface area contributed by atoms with Crippen molar-refractivity contribution in [2.75, 3.05) is 7.11 Å². The number of hydrogen-bond acceptors (Lipinski definition) is 5. The van der Waals surface area contributed by atoms with E-state index in [4.69, 9.17) is 0 Å². The third-order valence-corrected chi connectivity index (χ3v) is 0.696. The van der Waals surface area contributed by atoms with Crippen LogP contribution in [0.2, 0.25) is 0 Å². The Balaban J connectivity index is -0.0000000270. The molecule has 0 heterocycles. The van der Waals surface area contributed by atoms with Gasteiger partial charge in [0.2, 0.25) is 0 Å². The van der Waals surface area contributed by atoms with Crippen molar-refractivity contribution >= 4 is 18.4 Å². The van der Waals surface area contributed by atoms with Crippen molar-refractivity contribution in [3.05, 3.63) is 0 Å². The summed E-state index contributed by atoms with van der Waals surface area (Å²) in [7, 11) is 1.14. The van der Waals surface area contributed by atoms with E-state index in [1.165, 1.54) is 0 Å². The zero-order valence-corrected chi connectivity index (χ0v) is 14.3. The SMILES string of the molecule is COC(=O)CC(=O)OC=O.[H-].[H-].[H-].[Na+].[Na+].[Na+]. The molecule has 0 aliphatic rings. The first-order valence-electron chi connectivity index (χ1n) is 2.40. The van der Waals surface area contributed by atoms with E-state index >= 15 is 0 Å². The van der Waals surface area contributed by atoms with E-state index in [1.807, 2.05) is 0 Å². The molecule has 0 amide bonds. The van der Waals surface area contributed by atoms with Crippen molar-refractivity contribution in [2.45, 2.75) is 6.42 Å². The van der Waals surface area contributed by atoms with Gasteiger partial charge in [0.05, 0.1) is 7.11 Å². The van der Waals surface area contributed by atoms with Crippen molar-refractivity contribution in [3.8, 4) is 0 Å². The Labute approximate surface area is 147 Å². The first-order valence-corrected chi connectivity index (χ1v) is 2.40. The predicted molar refractivity (Wildman–Crippen MR) is 32.1 cm³/mol. The predicted octanol–water partition coefficient (Wildman–Crippen LogP) is -9.40. The molecule has 8 heteroatoms. The maximum Gasteiger partial charge on any atom is 1.00 e. The molecule has 0 N–H and O–H groups in total. The molecule has 0 saturated heterocycles. The van der Waals surface area contributed by atoms with Crippen LogP contribution in [0.4, 0.5) is 0 Å². The van der Waals surface area contributed by atoms with Gasteiger partial charge in [0.1, 0.15) is 6.42 Å². The van der Waals surface area contributed by atoms with Gasteiger partial charge in [-0.15, -0.1) is 0 Å². The molecule has 0 unspecified atom stereocenters. The van der Waals surface area contributed by atoms with Crippen molar-refractivity contribution in [1.29, 1.82) is 0 Å². The van der Waals surface area contributed by atoms with Gasteiger partial charge in [-0.1, -0.05) is 0 Å². The van der Waals surface area contributed by atoms with E-state index in [9.17, 15) is 14.4 Å². The van der Waals surface area contributed by atoms with Crippen LogP contribution in [-0.2, 0) is 23.9 Å². The molecule has 0 bridgehead atoms. The Morgan fingerprint density at radius 2 is 1.69 bits per heavy atom. The normalized spacial score (nSPS) is 6.23. The summed E-state index contributed by atoms with van der Waals surface area (Å²) in [5.74, 6) is -1.64. The number of esters is 2. The minimum absolute atomic E-state index is 0. The quantitative estimate of drug-likeness (QED) is 0.203. The van der Waals surface area contributed by atoms with Crippen LogP contribution in [-0.4, -0.2) is 25.5 Å². The van der Waals surface area contributed by atoms with Crippen LogP contribution in [0, 0.1) is 0 Å². The fraction of sp³-hybridized carbons (Fsp3) is 0.400. The van der Waals surface area contributed by atoms with E-state index in [0.29, 0.717) is 0 Å². The van der Waals surface area contributed by atoms with E-state index in [0.717, 1.165) is 7.11 Å². The van der Waals surface area contributed by atoms with Crippen LogP contribution < -0.4 is 88.7 Å². The average molecular weight is 218 g/mol. The maximum atomic E-state index is 10.3. The molecule has 0 rings (SSSR count). The summed E-state index contributed by atoms with van der Waals surface area (Å²) in [4.78, 5) is 30.0. The van der Waals surface area contributed by atoms with Crippen molar-refractivity contribution in [2.24, 2.45) is 0 Å². The number of ether oxygens (including phenoxy) is 2. The second-order valence-electron chi connectivity index (χ2n) is 1.34. The first kappa shape index (κ1) is 24.0. The topological polar surface area (TPSA) is 69.7 Å². The van der Waals surface area contributed by atoms with Gasteiger partial charge in [0.25, 0.3) is 0 Å². The molecule has 13 heavy (non-hydrogen) atoms. The monoisotopic (exact) mass is 218 g/mol. The molecule has 5 nitrogen and oxygen atoms in total. The molecule has 0 saturated carbocycles. The summed E-state index contributed by atoms with van der Waals surface area (Å²) in [6.07, 6.45) is -0.533. The molecule has 0 spiro atoms. The summed E-state index contributed by atoms with van der Waals surface area (Å²) in [6.45, 7) is -0.0364. The van der Waals surface area contributed by atoms with E-state index in [1.54, 1.807) is 0 Å². The van der Waals surface area contributed by atoms with Crippen LogP contribution in [0.3, 0.4) is 0 Å². The van der Waals surface area contributed by atoms with Gasteiger partial charge in [0, 0.05) is 0 Å². The van der Waals surface area contributed by atoms with Crippen LogP contribution in [0.25, 0.3) is 0 Å². The first-order chi connectivity index (χ1) is 4.70. The molecule has 0 aliphatic heterocycles. The van der Waals surface area contributed by atoms with Gasteiger partial charge in [-0.2, -0.15) is 0 Å². The molecule has 0 atom stereocenters. The summed E-state index contributed by atoms with van der Waals surface area (Å²) < 4.78 is 7.91. The van der Waals surface area contributed by atoms with Gasteiger partial charge in [0.15, 0.2) is 0 Å². The van der Waals surface area contributed by atoms with E-state index in [-0.39, 0.29) is 99.4 Å². The van der Waals surface area contributed by atoms with Gasteiger partial charge in [-0.3, -0.25) is 14.4 Å². The Bertz CT molecular complexity index is 171. The third-order valence-electron chi connectivity index (χ3n) is 0.696. The van der Waals surface area contributed by atoms with Gasteiger partial charge < -0.3 is 13.8 Å². The number of carbonyl (C=O) groups is 3. The Morgan fingerprint density at radius 1 is 1.23 bits per heavy atom. The van der Waals surface area contributed by atoms with Crippen LogP contribution in [0.1, 0.15) is 10.7 Å². The summed E-state index contributed by atoms with van der Waals surface area (Å²) >= 11 is 0. The smallest absolute Gasteiger partial charge is 1.00 e.